The van der Waals surface area contributed by atoms with Crippen LogP contribution in [0, 0.1) is 46.3 Å². The van der Waals surface area contributed by atoms with Crippen LogP contribution in [0.2, 0.25) is 0 Å². The molecule has 0 aromatic carbocycles. The van der Waals surface area contributed by atoms with E-state index in [1.807, 2.05) is 0 Å². The zero-order valence-electron chi connectivity index (χ0n) is 22.8. The number of carboxylic acids is 1. The second-order valence-electron chi connectivity index (χ2n) is 13.4. The van der Waals surface area contributed by atoms with Crippen molar-refractivity contribution in [1.82, 2.24) is 5.32 Å². The molecule has 8 nitrogen and oxygen atoms in total. The number of primary amides is 1. The van der Waals surface area contributed by atoms with Crippen molar-refractivity contribution in [3.05, 3.63) is 0 Å². The molecule has 0 aliphatic heterocycles. The predicted molar refractivity (Wildman–Crippen MR) is 139 cm³/mol. The topological polar surface area (TPSA) is 150 Å². The third kappa shape index (κ3) is 5.29. The number of amides is 2. The number of carbonyl (C=O) groups excluding carboxylic acids is 2. The molecular formula is C29H48N2O6. The number of hydrogen-bond donors (Lipinski definition) is 5. The van der Waals surface area contributed by atoms with Crippen molar-refractivity contribution in [2.45, 2.75) is 116 Å². The molecule has 4 aliphatic carbocycles. The van der Waals surface area contributed by atoms with E-state index < -0.39 is 17.9 Å². The number of carboxylic acid groups (broad SMARTS) is 1. The number of hydrogen-bond acceptors (Lipinski definition) is 5. The molecule has 6 N–H and O–H groups in total. The minimum atomic E-state index is -1.16. The maximum absolute atomic E-state index is 12.6. The summed E-state index contributed by atoms with van der Waals surface area (Å²) in [7, 11) is 0. The molecular weight excluding hydrogens is 472 g/mol. The summed E-state index contributed by atoms with van der Waals surface area (Å²) in [5, 5.41) is 33.9. The van der Waals surface area contributed by atoms with Gasteiger partial charge >= 0.3 is 5.97 Å². The van der Waals surface area contributed by atoms with Gasteiger partial charge in [0.05, 0.1) is 12.2 Å². The Kier molecular flexibility index (Phi) is 8.30. The lowest BCUT2D eigenvalue weighted by atomic mass is 9.43. The quantitative estimate of drug-likeness (QED) is 0.315. The van der Waals surface area contributed by atoms with Crippen molar-refractivity contribution < 1.29 is 29.7 Å². The van der Waals surface area contributed by atoms with Crippen LogP contribution in [0.15, 0.2) is 0 Å². The van der Waals surface area contributed by atoms with Gasteiger partial charge in [-0.2, -0.15) is 0 Å². The third-order valence-electron chi connectivity index (χ3n) is 11.6. The smallest absolute Gasteiger partial charge is 0.326 e. The van der Waals surface area contributed by atoms with Gasteiger partial charge in [0.15, 0.2) is 0 Å². The molecule has 11 unspecified atom stereocenters. The Bertz CT molecular complexity index is 880. The van der Waals surface area contributed by atoms with Crippen molar-refractivity contribution in [2.75, 3.05) is 0 Å². The minimum absolute atomic E-state index is 0.0121. The maximum atomic E-state index is 12.6. The van der Waals surface area contributed by atoms with Crippen molar-refractivity contribution in [3.63, 3.8) is 0 Å². The Labute approximate surface area is 221 Å². The van der Waals surface area contributed by atoms with Gasteiger partial charge in [-0.3, -0.25) is 9.59 Å². The highest BCUT2D eigenvalue weighted by Crippen LogP contribution is 2.68. The molecule has 2 amide bonds. The molecule has 0 spiro atoms. The Morgan fingerprint density at radius 2 is 1.70 bits per heavy atom. The number of aliphatic hydroxyl groups excluding tert-OH is 2. The summed E-state index contributed by atoms with van der Waals surface area (Å²) in [6.45, 7) is 6.89. The summed E-state index contributed by atoms with van der Waals surface area (Å²) in [4.78, 5) is 35.1. The number of rotatable bonds is 9. The second kappa shape index (κ2) is 10.8. The molecule has 0 radical (unpaired) electrons. The van der Waals surface area contributed by atoms with Gasteiger partial charge in [-0.25, -0.2) is 4.79 Å². The Balaban J connectivity index is 1.39. The van der Waals surface area contributed by atoms with E-state index in [1.165, 1.54) is 12.8 Å². The monoisotopic (exact) mass is 520 g/mol. The summed E-state index contributed by atoms with van der Waals surface area (Å²) < 4.78 is 0. The van der Waals surface area contributed by atoms with Gasteiger partial charge in [-0.05, 0) is 111 Å². The van der Waals surface area contributed by atoms with Crippen molar-refractivity contribution in [1.29, 1.82) is 0 Å². The van der Waals surface area contributed by atoms with Gasteiger partial charge in [-0.15, -0.1) is 0 Å². The van der Waals surface area contributed by atoms with E-state index in [1.54, 1.807) is 0 Å². The Hall–Kier alpha value is -1.67. The van der Waals surface area contributed by atoms with Gasteiger partial charge in [0.25, 0.3) is 0 Å². The lowest BCUT2D eigenvalue weighted by Crippen LogP contribution is -2.58. The molecule has 37 heavy (non-hydrogen) atoms. The van der Waals surface area contributed by atoms with Crippen molar-refractivity contribution >= 4 is 17.8 Å². The fraction of sp³-hybridized carbons (Fsp3) is 0.897. The summed E-state index contributed by atoms with van der Waals surface area (Å²) in [6.07, 6.45) is 8.45. The average Bonchev–Trinajstić information content (AvgIpc) is 3.20. The average molecular weight is 521 g/mol. The van der Waals surface area contributed by atoms with Crippen LogP contribution in [0.3, 0.4) is 0 Å². The van der Waals surface area contributed by atoms with E-state index >= 15 is 0 Å². The van der Waals surface area contributed by atoms with E-state index in [9.17, 15) is 29.7 Å². The zero-order chi connectivity index (χ0) is 27.1. The van der Waals surface area contributed by atoms with Crippen LogP contribution < -0.4 is 11.1 Å². The largest absolute Gasteiger partial charge is 0.480 e. The Morgan fingerprint density at radius 3 is 2.38 bits per heavy atom. The van der Waals surface area contributed by atoms with E-state index in [0.717, 1.165) is 38.5 Å². The summed E-state index contributed by atoms with van der Waals surface area (Å²) in [5.74, 6) is 0.659. The summed E-state index contributed by atoms with van der Waals surface area (Å²) in [6, 6.07) is -1.11. The number of aliphatic hydroxyl groups is 2. The number of aliphatic carboxylic acids is 1. The Morgan fingerprint density at radius 1 is 0.973 bits per heavy atom. The van der Waals surface area contributed by atoms with E-state index in [2.05, 4.69) is 26.1 Å². The van der Waals surface area contributed by atoms with E-state index in [0.29, 0.717) is 36.0 Å². The van der Waals surface area contributed by atoms with E-state index in [-0.39, 0.29) is 54.1 Å². The molecule has 8 heteroatoms. The molecule has 4 rings (SSSR count). The van der Waals surface area contributed by atoms with Crippen LogP contribution in [0.1, 0.15) is 97.8 Å². The molecule has 0 aromatic rings. The number of carbonyl (C=O) groups is 3. The first kappa shape index (κ1) is 28.3. The summed E-state index contributed by atoms with van der Waals surface area (Å²) >= 11 is 0. The number of nitrogens with two attached hydrogens (primary N) is 1. The van der Waals surface area contributed by atoms with Gasteiger partial charge in [0.1, 0.15) is 6.04 Å². The lowest BCUT2D eigenvalue weighted by Gasteiger charge is -2.62. The number of fused-ring (bicyclic) bond motifs is 5. The van der Waals surface area contributed by atoms with Crippen molar-refractivity contribution in [2.24, 2.45) is 52.1 Å². The minimum Gasteiger partial charge on any atom is -0.480 e. The molecule has 4 fully saturated rings. The van der Waals surface area contributed by atoms with Crippen LogP contribution in [-0.2, 0) is 14.4 Å². The van der Waals surface area contributed by atoms with Crippen LogP contribution in [0.25, 0.3) is 0 Å². The highest BCUT2D eigenvalue weighted by atomic mass is 16.4. The predicted octanol–water partition coefficient (Wildman–Crippen LogP) is 3.23. The van der Waals surface area contributed by atoms with Gasteiger partial charge < -0.3 is 26.4 Å². The molecule has 11 atom stereocenters. The summed E-state index contributed by atoms with van der Waals surface area (Å²) in [5.41, 5.74) is 5.17. The highest BCUT2D eigenvalue weighted by molar-refractivity contribution is 5.84. The first-order valence-electron chi connectivity index (χ1n) is 14.5. The van der Waals surface area contributed by atoms with Crippen LogP contribution >= 0.6 is 0 Å². The van der Waals surface area contributed by atoms with Gasteiger partial charge in [0, 0.05) is 12.8 Å². The first-order valence-corrected chi connectivity index (χ1v) is 14.5. The normalized spacial score (nSPS) is 42.6. The molecule has 0 bridgehead atoms. The lowest BCUT2D eigenvalue weighted by molar-refractivity contribution is -0.175. The maximum Gasteiger partial charge on any atom is 0.326 e. The fourth-order valence-corrected chi connectivity index (χ4v) is 9.53. The van der Waals surface area contributed by atoms with Crippen LogP contribution in [-0.4, -0.2) is 51.4 Å². The zero-order valence-corrected chi connectivity index (χ0v) is 22.8. The van der Waals surface area contributed by atoms with Gasteiger partial charge in [-0.1, -0.05) is 20.8 Å². The standard InChI is InChI=1S/C29H48N2O6/c1-16(4-11-26(35)31-23(27(36)37)9-10-25(30)34)20-7-8-21-19-6-5-17-14-18(32)12-13-28(17,2)22(19)15-24(33)29(20,21)3/h16-24,32-33H,4-15H2,1-3H3,(H2,30,34)(H,31,35)(H,36,37). The molecule has 0 saturated heterocycles. The molecule has 4 aliphatic rings. The first-order chi connectivity index (χ1) is 17.4. The van der Waals surface area contributed by atoms with Crippen molar-refractivity contribution in [3.8, 4) is 0 Å². The molecule has 0 heterocycles. The molecule has 0 aromatic heterocycles. The van der Waals surface area contributed by atoms with Crippen LogP contribution in [0.5, 0.6) is 0 Å². The number of nitrogens with one attached hydrogen (secondary N) is 1. The third-order valence-corrected chi connectivity index (χ3v) is 11.6. The van der Waals surface area contributed by atoms with Gasteiger partial charge in [0.2, 0.25) is 11.8 Å². The SMILES string of the molecule is CC(CCC(=O)NC(CCC(N)=O)C(=O)O)C1CCC2C3CCC4CC(O)CCC4(C)C3CC(O)C12C. The highest BCUT2D eigenvalue weighted by Gasteiger charge is 2.63. The fourth-order valence-electron chi connectivity index (χ4n) is 9.53. The van der Waals surface area contributed by atoms with Crippen LogP contribution in [0.4, 0.5) is 0 Å². The molecule has 210 valence electrons. The molecule has 4 saturated carbocycles. The van der Waals surface area contributed by atoms with E-state index in [4.69, 9.17) is 5.73 Å². The second-order valence-corrected chi connectivity index (χ2v) is 13.4.